The SMILES string of the molecule is S=C(NNC(=S)Nc1cccc2ccccc12)Nc1ccc(Cl)cc1. The summed E-state index contributed by atoms with van der Waals surface area (Å²) < 4.78 is 0. The van der Waals surface area contributed by atoms with Gasteiger partial charge in [0.25, 0.3) is 0 Å². The van der Waals surface area contributed by atoms with Gasteiger partial charge in [-0.1, -0.05) is 48.0 Å². The van der Waals surface area contributed by atoms with Crippen molar-refractivity contribution in [1.29, 1.82) is 0 Å². The van der Waals surface area contributed by atoms with Crippen LogP contribution in [0.2, 0.25) is 5.02 Å². The number of rotatable bonds is 2. The zero-order valence-corrected chi connectivity index (χ0v) is 15.4. The lowest BCUT2D eigenvalue weighted by Gasteiger charge is -2.15. The second-order valence-electron chi connectivity index (χ2n) is 5.19. The second-order valence-corrected chi connectivity index (χ2v) is 6.44. The molecule has 0 aliphatic carbocycles. The average molecular weight is 387 g/mol. The Bertz CT molecular complexity index is 907. The molecule has 7 heteroatoms. The van der Waals surface area contributed by atoms with Gasteiger partial charge in [0, 0.05) is 21.8 Å². The summed E-state index contributed by atoms with van der Waals surface area (Å²) in [6.07, 6.45) is 0. The zero-order valence-electron chi connectivity index (χ0n) is 13.0. The number of benzene rings is 3. The lowest BCUT2D eigenvalue weighted by Crippen LogP contribution is -2.45. The number of nitrogens with one attached hydrogen (secondary N) is 4. The molecule has 0 heterocycles. The van der Waals surface area contributed by atoms with Crippen LogP contribution in [0.25, 0.3) is 10.8 Å². The molecule has 0 saturated carbocycles. The lowest BCUT2D eigenvalue weighted by molar-refractivity contribution is 0.885. The number of hydrazine groups is 1. The van der Waals surface area contributed by atoms with Crippen LogP contribution in [0, 0.1) is 0 Å². The van der Waals surface area contributed by atoms with Gasteiger partial charge in [-0.05, 0) is 60.2 Å². The van der Waals surface area contributed by atoms with E-state index in [0.717, 1.165) is 22.1 Å². The topological polar surface area (TPSA) is 48.1 Å². The summed E-state index contributed by atoms with van der Waals surface area (Å²) in [5.41, 5.74) is 7.47. The number of thiocarbonyl (C=S) groups is 2. The maximum absolute atomic E-state index is 5.86. The second kappa shape index (κ2) is 8.11. The molecule has 0 bridgehead atoms. The first-order valence-corrected chi connectivity index (χ1v) is 8.68. The first-order valence-electron chi connectivity index (χ1n) is 7.49. The largest absolute Gasteiger partial charge is 0.331 e. The Labute approximate surface area is 161 Å². The van der Waals surface area contributed by atoms with Crippen LogP contribution in [-0.2, 0) is 0 Å². The van der Waals surface area contributed by atoms with Gasteiger partial charge in [-0.25, -0.2) is 0 Å². The van der Waals surface area contributed by atoms with Crippen LogP contribution in [-0.4, -0.2) is 10.2 Å². The van der Waals surface area contributed by atoms with Gasteiger partial charge in [0.05, 0.1) is 0 Å². The Morgan fingerprint density at radius 1 is 0.720 bits per heavy atom. The molecule has 4 nitrogen and oxygen atoms in total. The van der Waals surface area contributed by atoms with E-state index in [1.807, 2.05) is 42.5 Å². The van der Waals surface area contributed by atoms with E-state index in [1.54, 1.807) is 12.1 Å². The van der Waals surface area contributed by atoms with Crippen LogP contribution in [0.4, 0.5) is 11.4 Å². The van der Waals surface area contributed by atoms with E-state index < -0.39 is 0 Å². The van der Waals surface area contributed by atoms with Crippen LogP contribution < -0.4 is 21.5 Å². The van der Waals surface area contributed by atoms with Gasteiger partial charge in [0.2, 0.25) is 0 Å². The van der Waals surface area contributed by atoms with Crippen molar-refractivity contribution >= 4 is 68.4 Å². The van der Waals surface area contributed by atoms with Crippen molar-refractivity contribution in [3.63, 3.8) is 0 Å². The van der Waals surface area contributed by atoms with Crippen LogP contribution >= 0.6 is 36.0 Å². The number of hydrogen-bond donors (Lipinski definition) is 4. The van der Waals surface area contributed by atoms with E-state index >= 15 is 0 Å². The van der Waals surface area contributed by atoms with Crippen LogP contribution in [0.3, 0.4) is 0 Å². The minimum atomic E-state index is 0.393. The number of anilines is 2. The molecule has 3 aromatic rings. The van der Waals surface area contributed by atoms with Crippen molar-refractivity contribution in [2.45, 2.75) is 0 Å². The summed E-state index contributed by atoms with van der Waals surface area (Å²) in [4.78, 5) is 0. The van der Waals surface area contributed by atoms with E-state index in [-0.39, 0.29) is 0 Å². The van der Waals surface area contributed by atoms with Gasteiger partial charge in [-0.15, -0.1) is 0 Å². The summed E-state index contributed by atoms with van der Waals surface area (Å²) in [6.45, 7) is 0. The Balaban J connectivity index is 1.55. The third-order valence-corrected chi connectivity index (χ3v) is 4.09. The molecule has 4 N–H and O–H groups in total. The van der Waals surface area contributed by atoms with Gasteiger partial charge in [0.1, 0.15) is 0 Å². The lowest BCUT2D eigenvalue weighted by atomic mass is 10.1. The third kappa shape index (κ3) is 4.79. The molecule has 3 aromatic carbocycles. The number of fused-ring (bicyclic) bond motifs is 1. The maximum atomic E-state index is 5.86. The van der Waals surface area contributed by atoms with E-state index in [1.165, 1.54) is 0 Å². The van der Waals surface area contributed by atoms with Gasteiger partial charge < -0.3 is 10.6 Å². The van der Waals surface area contributed by atoms with Gasteiger partial charge >= 0.3 is 0 Å². The summed E-state index contributed by atoms with van der Waals surface area (Å²) in [5, 5.41) is 9.91. The van der Waals surface area contributed by atoms with E-state index in [0.29, 0.717) is 15.2 Å². The summed E-state index contributed by atoms with van der Waals surface area (Å²) in [5.74, 6) is 0. The highest BCUT2D eigenvalue weighted by Gasteiger charge is 2.03. The summed E-state index contributed by atoms with van der Waals surface area (Å²) in [6, 6.07) is 21.3. The smallest absolute Gasteiger partial charge is 0.189 e. The predicted molar refractivity (Wildman–Crippen MR) is 114 cm³/mol. The first kappa shape index (κ1) is 17.4. The van der Waals surface area contributed by atoms with Crippen molar-refractivity contribution in [2.75, 3.05) is 10.6 Å². The molecule has 0 unspecified atom stereocenters. The van der Waals surface area contributed by atoms with E-state index in [9.17, 15) is 0 Å². The molecule has 0 spiro atoms. The molecule has 3 rings (SSSR count). The predicted octanol–water partition coefficient (Wildman–Crippen LogP) is 4.68. The molecular formula is C18H15ClN4S2. The van der Waals surface area contributed by atoms with Crippen molar-refractivity contribution in [3.8, 4) is 0 Å². The van der Waals surface area contributed by atoms with Gasteiger partial charge in [-0.2, -0.15) is 0 Å². The monoisotopic (exact) mass is 386 g/mol. The molecule has 0 aliphatic rings. The maximum Gasteiger partial charge on any atom is 0.189 e. The molecule has 0 radical (unpaired) electrons. The molecule has 0 fully saturated rings. The van der Waals surface area contributed by atoms with Gasteiger partial charge in [0.15, 0.2) is 10.2 Å². The average Bonchev–Trinajstić information content (AvgIpc) is 2.62. The molecular weight excluding hydrogens is 372 g/mol. The van der Waals surface area contributed by atoms with Crippen LogP contribution in [0.5, 0.6) is 0 Å². The first-order chi connectivity index (χ1) is 12.1. The molecule has 0 saturated heterocycles. The Morgan fingerprint density at radius 2 is 1.36 bits per heavy atom. The highest BCUT2D eigenvalue weighted by Crippen LogP contribution is 2.22. The standard InChI is InChI=1S/C18H15ClN4S2/c19-13-8-10-14(11-9-13)20-17(24)22-23-18(25)21-16-7-3-5-12-4-1-2-6-15(12)16/h1-11H,(H2,20,22,24)(H2,21,23,25). The van der Waals surface area contributed by atoms with Gasteiger partial charge in [-0.3, -0.25) is 10.9 Å². The molecule has 25 heavy (non-hydrogen) atoms. The molecule has 0 amide bonds. The van der Waals surface area contributed by atoms with E-state index in [4.69, 9.17) is 36.0 Å². The Hall–Kier alpha value is -2.41. The molecule has 0 atom stereocenters. The zero-order chi connectivity index (χ0) is 17.6. The molecule has 0 aromatic heterocycles. The molecule has 126 valence electrons. The minimum absolute atomic E-state index is 0.393. The van der Waals surface area contributed by atoms with E-state index in [2.05, 4.69) is 33.6 Å². The van der Waals surface area contributed by atoms with Crippen LogP contribution in [0.15, 0.2) is 66.7 Å². The fourth-order valence-electron chi connectivity index (χ4n) is 2.30. The Kier molecular flexibility index (Phi) is 5.65. The number of hydrogen-bond acceptors (Lipinski definition) is 2. The van der Waals surface area contributed by atoms with Crippen molar-refractivity contribution < 1.29 is 0 Å². The van der Waals surface area contributed by atoms with Crippen molar-refractivity contribution in [1.82, 2.24) is 10.9 Å². The minimum Gasteiger partial charge on any atom is -0.331 e. The summed E-state index contributed by atoms with van der Waals surface area (Å²) >= 11 is 16.4. The number of halogens is 1. The van der Waals surface area contributed by atoms with Crippen molar-refractivity contribution in [2.24, 2.45) is 0 Å². The van der Waals surface area contributed by atoms with Crippen LogP contribution in [0.1, 0.15) is 0 Å². The third-order valence-electron chi connectivity index (χ3n) is 3.43. The summed E-state index contributed by atoms with van der Waals surface area (Å²) in [7, 11) is 0. The molecule has 0 aliphatic heterocycles. The fraction of sp³-hybridized carbons (Fsp3) is 0. The Morgan fingerprint density at radius 3 is 2.12 bits per heavy atom. The highest BCUT2D eigenvalue weighted by molar-refractivity contribution is 7.81. The quantitative estimate of drug-likeness (QED) is 0.379. The normalized spacial score (nSPS) is 10.1. The highest BCUT2D eigenvalue weighted by atomic mass is 35.5. The van der Waals surface area contributed by atoms with Crippen molar-refractivity contribution in [3.05, 3.63) is 71.8 Å². The fourth-order valence-corrected chi connectivity index (χ4v) is 2.75.